The molecular formula is C12H24O6S2. The van der Waals surface area contributed by atoms with Crippen molar-refractivity contribution in [3.8, 4) is 0 Å². The van der Waals surface area contributed by atoms with Crippen molar-refractivity contribution in [2.24, 2.45) is 0 Å². The summed E-state index contributed by atoms with van der Waals surface area (Å²) in [6, 6.07) is 0. The van der Waals surface area contributed by atoms with Crippen molar-refractivity contribution in [2.75, 3.05) is 18.1 Å². The van der Waals surface area contributed by atoms with Crippen LogP contribution < -0.4 is 0 Å². The molecular weight excluding hydrogens is 304 g/mol. The van der Waals surface area contributed by atoms with Crippen molar-refractivity contribution in [1.29, 1.82) is 0 Å². The maximum atomic E-state index is 10.2. The Bertz CT molecular complexity index is 269. The molecule has 120 valence electrons. The van der Waals surface area contributed by atoms with Gasteiger partial charge in [0.1, 0.15) is 18.3 Å². The SMILES string of the molecule is CCSOC(OSCC)[C@H](O)[C@@H](O)[C@@H]1COC(C)(C)O1. The molecule has 1 fully saturated rings. The van der Waals surface area contributed by atoms with Crippen molar-refractivity contribution in [3.05, 3.63) is 0 Å². The van der Waals surface area contributed by atoms with E-state index in [0.29, 0.717) is 0 Å². The Morgan fingerprint density at radius 2 is 1.75 bits per heavy atom. The third-order valence-electron chi connectivity index (χ3n) is 2.60. The standard InChI is InChI=1S/C12H24O6S2/c1-5-19-17-11(18-20-6-2)10(14)9(13)8-7-15-12(3,4)16-8/h8-11,13-14H,5-7H2,1-4H3/t8-,9-,10+/m0/s1. The van der Waals surface area contributed by atoms with E-state index in [1.165, 1.54) is 24.1 Å². The zero-order valence-corrected chi connectivity index (χ0v) is 13.9. The highest BCUT2D eigenvalue weighted by Crippen LogP contribution is 2.27. The minimum absolute atomic E-state index is 0.222. The molecule has 6 nitrogen and oxygen atoms in total. The van der Waals surface area contributed by atoms with Crippen molar-refractivity contribution in [3.63, 3.8) is 0 Å². The van der Waals surface area contributed by atoms with Crippen molar-refractivity contribution < 1.29 is 28.1 Å². The molecule has 0 unspecified atom stereocenters. The van der Waals surface area contributed by atoms with Gasteiger partial charge in [-0.1, -0.05) is 13.8 Å². The third kappa shape index (κ3) is 5.69. The molecule has 1 aliphatic heterocycles. The number of ether oxygens (including phenoxy) is 2. The Kier molecular flexibility index (Phi) is 8.14. The van der Waals surface area contributed by atoms with Gasteiger partial charge in [-0.25, -0.2) is 0 Å². The van der Waals surface area contributed by atoms with Crippen molar-refractivity contribution in [1.82, 2.24) is 0 Å². The molecule has 2 N–H and O–H groups in total. The molecule has 0 spiro atoms. The summed E-state index contributed by atoms with van der Waals surface area (Å²) in [4.78, 5) is 0. The second kappa shape index (κ2) is 8.79. The molecule has 0 bridgehead atoms. The van der Waals surface area contributed by atoms with Crippen LogP contribution in [0.3, 0.4) is 0 Å². The van der Waals surface area contributed by atoms with Gasteiger partial charge >= 0.3 is 0 Å². The van der Waals surface area contributed by atoms with E-state index in [1.54, 1.807) is 13.8 Å². The van der Waals surface area contributed by atoms with Gasteiger partial charge in [0.05, 0.1) is 6.61 Å². The largest absolute Gasteiger partial charge is 0.387 e. The van der Waals surface area contributed by atoms with Gasteiger partial charge in [0.25, 0.3) is 0 Å². The predicted octanol–water partition coefficient (Wildman–Crippen LogP) is 1.56. The fraction of sp³-hybridized carbons (Fsp3) is 1.00. The average Bonchev–Trinajstić information content (AvgIpc) is 2.77. The lowest BCUT2D eigenvalue weighted by Crippen LogP contribution is -2.46. The van der Waals surface area contributed by atoms with Crippen molar-refractivity contribution in [2.45, 2.75) is 58.1 Å². The topological polar surface area (TPSA) is 77.4 Å². The van der Waals surface area contributed by atoms with Crippen molar-refractivity contribution >= 4 is 24.1 Å². The molecule has 0 saturated carbocycles. The summed E-state index contributed by atoms with van der Waals surface area (Å²) in [7, 11) is 0. The second-order valence-electron chi connectivity index (χ2n) is 4.72. The van der Waals surface area contributed by atoms with Crippen LogP contribution in [0.2, 0.25) is 0 Å². The summed E-state index contributed by atoms with van der Waals surface area (Å²) in [6.45, 7) is 7.59. The summed E-state index contributed by atoms with van der Waals surface area (Å²) in [5, 5.41) is 20.4. The molecule has 0 radical (unpaired) electrons. The van der Waals surface area contributed by atoms with Gasteiger partial charge < -0.3 is 19.7 Å². The highest BCUT2D eigenvalue weighted by molar-refractivity contribution is 7.95. The first-order valence-electron chi connectivity index (χ1n) is 6.65. The van der Waals surface area contributed by atoms with Gasteiger partial charge in [0, 0.05) is 11.5 Å². The quantitative estimate of drug-likeness (QED) is 0.488. The number of hydrogen-bond donors (Lipinski definition) is 2. The lowest BCUT2D eigenvalue weighted by Gasteiger charge is -2.28. The Balaban J connectivity index is 2.55. The summed E-state index contributed by atoms with van der Waals surface area (Å²) < 4.78 is 21.6. The van der Waals surface area contributed by atoms with Crippen LogP contribution >= 0.6 is 24.1 Å². The fourth-order valence-corrected chi connectivity index (χ4v) is 2.56. The minimum atomic E-state index is -1.21. The van der Waals surface area contributed by atoms with E-state index in [0.717, 1.165) is 11.5 Å². The molecule has 1 saturated heterocycles. The molecule has 0 aliphatic carbocycles. The maximum Gasteiger partial charge on any atom is 0.211 e. The zero-order valence-electron chi connectivity index (χ0n) is 12.3. The van der Waals surface area contributed by atoms with Crippen LogP contribution in [0, 0.1) is 0 Å². The molecule has 1 rings (SSSR count). The number of aliphatic hydroxyl groups is 2. The molecule has 3 atom stereocenters. The lowest BCUT2D eigenvalue weighted by molar-refractivity contribution is -0.179. The number of aliphatic hydroxyl groups excluding tert-OH is 2. The van der Waals surface area contributed by atoms with E-state index in [-0.39, 0.29) is 6.61 Å². The van der Waals surface area contributed by atoms with E-state index in [2.05, 4.69) is 0 Å². The van der Waals surface area contributed by atoms with E-state index in [4.69, 9.17) is 17.8 Å². The van der Waals surface area contributed by atoms with Crippen LogP contribution in [0.15, 0.2) is 0 Å². The highest BCUT2D eigenvalue weighted by atomic mass is 32.2. The fourth-order valence-electron chi connectivity index (χ4n) is 1.66. The summed E-state index contributed by atoms with van der Waals surface area (Å²) in [6.07, 6.45) is -3.88. The van der Waals surface area contributed by atoms with E-state index >= 15 is 0 Å². The summed E-state index contributed by atoms with van der Waals surface area (Å²) in [5.41, 5.74) is 0. The zero-order chi connectivity index (χ0) is 15.2. The number of rotatable bonds is 9. The van der Waals surface area contributed by atoms with Gasteiger partial charge in [-0.3, -0.25) is 8.37 Å². The van der Waals surface area contributed by atoms with Crippen LogP contribution in [0.1, 0.15) is 27.7 Å². The molecule has 0 amide bonds. The van der Waals surface area contributed by atoms with Crippen LogP contribution in [0.25, 0.3) is 0 Å². The molecule has 8 heteroatoms. The Labute approximate surface area is 128 Å². The van der Waals surface area contributed by atoms with Crippen LogP contribution in [-0.4, -0.2) is 58.7 Å². The molecule has 1 heterocycles. The second-order valence-corrected chi connectivity index (χ2v) is 6.73. The first-order valence-corrected chi connectivity index (χ1v) is 8.47. The van der Waals surface area contributed by atoms with Crippen LogP contribution in [0.5, 0.6) is 0 Å². The highest BCUT2D eigenvalue weighted by Gasteiger charge is 2.42. The van der Waals surface area contributed by atoms with Gasteiger partial charge in [0.2, 0.25) is 6.29 Å². The first-order chi connectivity index (χ1) is 9.41. The Hall–Kier alpha value is 0.460. The van der Waals surface area contributed by atoms with Crippen LogP contribution in [-0.2, 0) is 17.8 Å². The van der Waals surface area contributed by atoms with E-state index in [9.17, 15) is 10.2 Å². The molecule has 0 aromatic rings. The maximum absolute atomic E-state index is 10.2. The first kappa shape index (κ1) is 18.5. The Morgan fingerprint density at radius 3 is 2.15 bits per heavy atom. The lowest BCUT2D eigenvalue weighted by atomic mass is 10.1. The van der Waals surface area contributed by atoms with E-state index < -0.39 is 30.4 Å². The Morgan fingerprint density at radius 1 is 1.20 bits per heavy atom. The normalized spacial score (nSPS) is 25.1. The summed E-state index contributed by atoms with van der Waals surface area (Å²) in [5.74, 6) is 0.685. The average molecular weight is 328 g/mol. The molecule has 0 aromatic carbocycles. The van der Waals surface area contributed by atoms with Crippen LogP contribution in [0.4, 0.5) is 0 Å². The van der Waals surface area contributed by atoms with Gasteiger partial charge in [-0.05, 0) is 37.9 Å². The third-order valence-corrected chi connectivity index (χ3v) is 3.72. The van der Waals surface area contributed by atoms with E-state index in [1.807, 2.05) is 13.8 Å². The molecule has 0 aromatic heterocycles. The molecule has 20 heavy (non-hydrogen) atoms. The minimum Gasteiger partial charge on any atom is -0.387 e. The monoisotopic (exact) mass is 328 g/mol. The smallest absolute Gasteiger partial charge is 0.211 e. The van der Waals surface area contributed by atoms with Gasteiger partial charge in [-0.15, -0.1) is 0 Å². The van der Waals surface area contributed by atoms with Gasteiger partial charge in [0.15, 0.2) is 5.79 Å². The molecule has 1 aliphatic rings. The summed E-state index contributed by atoms with van der Waals surface area (Å²) >= 11 is 2.35. The predicted molar refractivity (Wildman–Crippen MR) is 79.1 cm³/mol. The van der Waals surface area contributed by atoms with Gasteiger partial charge in [-0.2, -0.15) is 0 Å². The number of hydrogen-bond acceptors (Lipinski definition) is 8.